The van der Waals surface area contributed by atoms with Gasteiger partial charge in [0.25, 0.3) is 0 Å². The number of nitrogens with one attached hydrogen (secondary N) is 3. The number of carbonyl (C=O) groups excluding carboxylic acids is 3. The first-order chi connectivity index (χ1) is 15.0. The second-order valence-electron chi connectivity index (χ2n) is 6.61. The molecule has 0 saturated carbocycles. The third-order valence-corrected chi connectivity index (χ3v) is 4.66. The van der Waals surface area contributed by atoms with E-state index in [9.17, 15) is 29.1 Å². The van der Waals surface area contributed by atoms with E-state index >= 15 is 0 Å². The Balaban J connectivity index is 5.45. The molecular weight excluding hydrogens is 446 g/mol. The average Bonchev–Trinajstić information content (AvgIpc) is 2.71. The zero-order valence-electron chi connectivity index (χ0n) is 17.7. The Morgan fingerprint density at radius 2 is 1.53 bits per heavy atom. The summed E-state index contributed by atoms with van der Waals surface area (Å²) in [6, 6.07) is -3.89. The van der Waals surface area contributed by atoms with Crippen molar-refractivity contribution in [2.75, 3.05) is 25.1 Å². The van der Waals surface area contributed by atoms with Crippen molar-refractivity contribution in [2.24, 2.45) is 22.2 Å². The Morgan fingerprint density at radius 3 is 2.03 bits per heavy atom. The maximum Gasteiger partial charge on any atom is 0.326 e. The molecule has 14 nitrogen and oxygen atoms in total. The lowest BCUT2D eigenvalue weighted by Crippen LogP contribution is -2.56. The fourth-order valence-corrected chi connectivity index (χ4v) is 2.92. The monoisotopic (exact) mass is 477 g/mol. The van der Waals surface area contributed by atoms with Gasteiger partial charge in [-0.05, 0) is 31.3 Å². The number of aliphatic imine (C=N–C) groups is 1. The highest BCUT2D eigenvalue weighted by Gasteiger charge is 2.30. The molecule has 0 fully saturated rings. The van der Waals surface area contributed by atoms with Gasteiger partial charge >= 0.3 is 11.9 Å². The van der Waals surface area contributed by atoms with Crippen molar-refractivity contribution in [2.45, 2.75) is 43.8 Å². The number of aliphatic carboxylic acids is 2. The van der Waals surface area contributed by atoms with Crippen LogP contribution in [0.2, 0.25) is 0 Å². The highest BCUT2D eigenvalue weighted by molar-refractivity contribution is 7.98. The molecule has 0 bridgehead atoms. The van der Waals surface area contributed by atoms with Crippen LogP contribution in [0.25, 0.3) is 0 Å². The van der Waals surface area contributed by atoms with Crippen LogP contribution in [0.15, 0.2) is 4.99 Å². The maximum absolute atomic E-state index is 12.7. The SMILES string of the molecule is CSCCC(NC(=O)C(CCCN=C(N)N)NC(=O)C(CC(=O)O)NC(=O)CN)C(=O)O. The summed E-state index contributed by atoms with van der Waals surface area (Å²) in [7, 11) is 0. The summed E-state index contributed by atoms with van der Waals surface area (Å²) in [5, 5.41) is 25.2. The summed E-state index contributed by atoms with van der Waals surface area (Å²) >= 11 is 1.40. The molecule has 0 aromatic heterocycles. The first-order valence-electron chi connectivity index (χ1n) is 9.60. The molecule has 0 rings (SSSR count). The third-order valence-electron chi connectivity index (χ3n) is 4.02. The topological polar surface area (TPSA) is 252 Å². The van der Waals surface area contributed by atoms with E-state index in [4.69, 9.17) is 22.3 Å². The number of nitrogens with two attached hydrogens (primary N) is 3. The largest absolute Gasteiger partial charge is 0.481 e. The molecule has 182 valence electrons. The number of carboxylic acids is 2. The van der Waals surface area contributed by atoms with Gasteiger partial charge in [-0.2, -0.15) is 11.8 Å². The lowest BCUT2D eigenvalue weighted by atomic mass is 10.1. The van der Waals surface area contributed by atoms with E-state index < -0.39 is 60.8 Å². The molecule has 0 heterocycles. The van der Waals surface area contributed by atoms with Crippen molar-refractivity contribution >= 4 is 47.4 Å². The quantitative estimate of drug-likeness (QED) is 0.0622. The molecule has 0 aromatic carbocycles. The number of thioether (sulfide) groups is 1. The predicted molar refractivity (Wildman–Crippen MR) is 118 cm³/mol. The first kappa shape index (κ1) is 28.9. The minimum Gasteiger partial charge on any atom is -0.481 e. The Hall–Kier alpha value is -3.07. The molecule has 3 amide bonds. The summed E-state index contributed by atoms with van der Waals surface area (Å²) in [5.41, 5.74) is 15.7. The number of amides is 3. The fraction of sp³-hybridized carbons (Fsp3) is 0.647. The summed E-state index contributed by atoms with van der Waals surface area (Å²) in [6.45, 7) is -0.332. The van der Waals surface area contributed by atoms with Gasteiger partial charge in [0.05, 0.1) is 13.0 Å². The average molecular weight is 478 g/mol. The van der Waals surface area contributed by atoms with Crippen molar-refractivity contribution in [1.29, 1.82) is 0 Å². The minimum atomic E-state index is -1.48. The van der Waals surface area contributed by atoms with Crippen LogP contribution in [-0.2, 0) is 24.0 Å². The van der Waals surface area contributed by atoms with Crippen molar-refractivity contribution in [3.8, 4) is 0 Å². The lowest BCUT2D eigenvalue weighted by Gasteiger charge is -2.24. The maximum atomic E-state index is 12.7. The van der Waals surface area contributed by atoms with Gasteiger partial charge < -0.3 is 43.4 Å². The molecule has 0 spiro atoms. The van der Waals surface area contributed by atoms with E-state index in [0.717, 1.165) is 0 Å². The van der Waals surface area contributed by atoms with E-state index in [1.165, 1.54) is 11.8 Å². The highest BCUT2D eigenvalue weighted by Crippen LogP contribution is 2.05. The molecule has 3 unspecified atom stereocenters. The smallest absolute Gasteiger partial charge is 0.326 e. The number of nitrogens with zero attached hydrogens (tertiary/aromatic N) is 1. The van der Waals surface area contributed by atoms with Crippen LogP contribution in [0.4, 0.5) is 0 Å². The summed E-state index contributed by atoms with van der Waals surface area (Å²) < 4.78 is 0. The summed E-state index contributed by atoms with van der Waals surface area (Å²) in [6.07, 6.45) is 1.47. The van der Waals surface area contributed by atoms with Gasteiger partial charge in [0.2, 0.25) is 17.7 Å². The Bertz CT molecular complexity index is 701. The molecule has 0 aliphatic carbocycles. The van der Waals surface area contributed by atoms with Crippen molar-refractivity contribution < 1.29 is 34.2 Å². The van der Waals surface area contributed by atoms with Crippen LogP contribution in [0, 0.1) is 0 Å². The van der Waals surface area contributed by atoms with Crippen LogP contribution in [-0.4, -0.2) is 89.1 Å². The molecular formula is C17H31N7O7S. The number of carboxylic acid groups (broad SMARTS) is 2. The molecule has 15 heteroatoms. The van der Waals surface area contributed by atoms with Gasteiger partial charge in [0.15, 0.2) is 5.96 Å². The van der Waals surface area contributed by atoms with E-state index in [0.29, 0.717) is 5.75 Å². The van der Waals surface area contributed by atoms with Gasteiger partial charge in [0, 0.05) is 6.54 Å². The number of carbonyl (C=O) groups is 5. The molecule has 0 saturated heterocycles. The number of guanidine groups is 1. The van der Waals surface area contributed by atoms with Crippen LogP contribution in [0.1, 0.15) is 25.7 Å². The predicted octanol–water partition coefficient (Wildman–Crippen LogP) is -3.23. The third kappa shape index (κ3) is 12.6. The molecule has 32 heavy (non-hydrogen) atoms. The minimum absolute atomic E-state index is 0.0217. The van der Waals surface area contributed by atoms with Crippen molar-refractivity contribution in [1.82, 2.24) is 16.0 Å². The van der Waals surface area contributed by atoms with Gasteiger partial charge in [-0.25, -0.2) is 4.79 Å². The lowest BCUT2D eigenvalue weighted by molar-refractivity contribution is -0.143. The van der Waals surface area contributed by atoms with Gasteiger partial charge in [-0.15, -0.1) is 0 Å². The van der Waals surface area contributed by atoms with Crippen LogP contribution < -0.4 is 33.2 Å². The van der Waals surface area contributed by atoms with Crippen LogP contribution in [0.3, 0.4) is 0 Å². The van der Waals surface area contributed by atoms with E-state index in [1.807, 2.05) is 0 Å². The van der Waals surface area contributed by atoms with Gasteiger partial charge in [0.1, 0.15) is 18.1 Å². The van der Waals surface area contributed by atoms with E-state index in [1.54, 1.807) is 6.26 Å². The summed E-state index contributed by atoms with van der Waals surface area (Å²) in [5.74, 6) is -4.77. The number of hydrogen-bond acceptors (Lipinski definition) is 8. The summed E-state index contributed by atoms with van der Waals surface area (Å²) in [4.78, 5) is 63.1. The number of rotatable bonds is 16. The van der Waals surface area contributed by atoms with E-state index in [2.05, 4.69) is 20.9 Å². The van der Waals surface area contributed by atoms with E-state index in [-0.39, 0.29) is 31.8 Å². The molecule has 11 N–H and O–H groups in total. The fourth-order valence-electron chi connectivity index (χ4n) is 2.45. The molecule has 0 radical (unpaired) electrons. The van der Waals surface area contributed by atoms with Gasteiger partial charge in [-0.1, -0.05) is 0 Å². The Kier molecular flexibility index (Phi) is 14.2. The van der Waals surface area contributed by atoms with Crippen LogP contribution in [0.5, 0.6) is 0 Å². The zero-order valence-corrected chi connectivity index (χ0v) is 18.5. The highest BCUT2D eigenvalue weighted by atomic mass is 32.2. The molecule has 3 atom stereocenters. The second kappa shape index (κ2) is 15.7. The van der Waals surface area contributed by atoms with Gasteiger partial charge in [-0.3, -0.25) is 24.2 Å². The first-order valence-corrected chi connectivity index (χ1v) is 11.0. The zero-order chi connectivity index (χ0) is 24.7. The van der Waals surface area contributed by atoms with Crippen LogP contribution >= 0.6 is 11.8 Å². The number of hydrogen-bond donors (Lipinski definition) is 8. The normalized spacial score (nSPS) is 13.2. The molecule has 0 aliphatic heterocycles. The Morgan fingerprint density at radius 1 is 0.938 bits per heavy atom. The molecule has 0 aromatic rings. The standard InChI is InChI=1S/C17H31N7O7S/c1-32-6-4-10(16(30)31)24-14(28)9(3-2-5-21-17(19)20)23-15(29)11(7-13(26)27)22-12(25)8-18/h9-11H,2-8,18H2,1H3,(H,22,25)(H,23,29)(H,24,28)(H,26,27)(H,30,31)(H4,19,20,21). The van der Waals surface area contributed by atoms with Crippen molar-refractivity contribution in [3.05, 3.63) is 0 Å². The molecule has 0 aliphatic rings. The Labute approximate surface area is 189 Å². The van der Waals surface area contributed by atoms with Crippen molar-refractivity contribution in [3.63, 3.8) is 0 Å². The second-order valence-corrected chi connectivity index (χ2v) is 7.60.